The summed E-state index contributed by atoms with van der Waals surface area (Å²) in [6, 6.07) is 4.22. The number of nitrogens with zero attached hydrogens (tertiary/aromatic N) is 4. The van der Waals surface area contributed by atoms with Crippen molar-refractivity contribution in [1.29, 1.82) is 10.5 Å². The summed E-state index contributed by atoms with van der Waals surface area (Å²) in [7, 11) is 0. The first-order valence-corrected chi connectivity index (χ1v) is 4.41. The van der Waals surface area contributed by atoms with Crippen LogP contribution in [0.5, 0.6) is 0 Å². The lowest BCUT2D eigenvalue weighted by molar-refractivity contribution is 0.412. The lowest BCUT2D eigenvalue weighted by atomic mass is 9.91. The third-order valence-corrected chi connectivity index (χ3v) is 2.10. The van der Waals surface area contributed by atoms with Gasteiger partial charge in [-0.2, -0.15) is 10.5 Å². The van der Waals surface area contributed by atoms with E-state index in [1.165, 1.54) is 0 Å². The van der Waals surface area contributed by atoms with E-state index in [-0.39, 0.29) is 5.41 Å². The molecule has 72 valence electrons. The Balaban J connectivity index is 2.64. The zero-order valence-electron chi connectivity index (χ0n) is 8.36. The van der Waals surface area contributed by atoms with E-state index >= 15 is 0 Å². The van der Waals surface area contributed by atoms with Gasteiger partial charge in [0, 0.05) is 18.9 Å². The molecule has 0 aliphatic carbocycles. The molecule has 0 atom stereocenters. The second-order valence-corrected chi connectivity index (χ2v) is 3.80. The maximum Gasteiger partial charge on any atom is 0.212 e. The highest BCUT2D eigenvalue weighted by molar-refractivity contribution is 5.11. The lowest BCUT2D eigenvalue weighted by Crippen LogP contribution is -2.12. The van der Waals surface area contributed by atoms with Gasteiger partial charge >= 0.3 is 0 Å². The zero-order chi connectivity index (χ0) is 10.6. The van der Waals surface area contributed by atoms with Gasteiger partial charge in [0.15, 0.2) is 0 Å². The quantitative estimate of drug-likeness (QED) is 0.725. The van der Waals surface area contributed by atoms with Crippen molar-refractivity contribution < 1.29 is 0 Å². The highest BCUT2D eigenvalue weighted by atomic mass is 15.1. The number of hydrogen-bond acceptors (Lipinski definition) is 3. The zero-order valence-corrected chi connectivity index (χ0v) is 8.36. The van der Waals surface area contributed by atoms with E-state index in [0.29, 0.717) is 18.8 Å². The minimum atomic E-state index is -0.350. The van der Waals surface area contributed by atoms with E-state index in [2.05, 4.69) is 11.1 Å². The molecule has 0 unspecified atom stereocenters. The normalized spacial score (nSPS) is 10.6. The summed E-state index contributed by atoms with van der Waals surface area (Å²) in [6.07, 6.45) is 4.07. The Hall–Kier alpha value is -1.81. The molecular formula is C10H12N4. The summed E-state index contributed by atoms with van der Waals surface area (Å²) in [6.45, 7) is 4.43. The molecule has 0 bridgehead atoms. The molecular weight excluding hydrogens is 176 g/mol. The number of rotatable bonds is 3. The molecule has 1 heterocycles. The summed E-state index contributed by atoms with van der Waals surface area (Å²) in [5, 5.41) is 17.5. The smallest absolute Gasteiger partial charge is 0.212 e. The van der Waals surface area contributed by atoms with Crippen molar-refractivity contribution >= 4 is 0 Å². The van der Waals surface area contributed by atoms with Gasteiger partial charge in [0.1, 0.15) is 6.07 Å². The number of imidazole rings is 1. The van der Waals surface area contributed by atoms with Crippen molar-refractivity contribution in [3.05, 3.63) is 18.2 Å². The molecule has 0 radical (unpaired) electrons. The van der Waals surface area contributed by atoms with Crippen LogP contribution in [0.3, 0.4) is 0 Å². The average molecular weight is 188 g/mol. The Bertz CT molecular complexity index is 389. The summed E-state index contributed by atoms with van der Waals surface area (Å²) in [4.78, 5) is 3.88. The van der Waals surface area contributed by atoms with Gasteiger partial charge < -0.3 is 4.57 Å². The van der Waals surface area contributed by atoms with Crippen molar-refractivity contribution in [2.24, 2.45) is 5.41 Å². The molecule has 1 aromatic heterocycles. The summed E-state index contributed by atoms with van der Waals surface area (Å²) >= 11 is 0. The van der Waals surface area contributed by atoms with Crippen LogP contribution in [-0.4, -0.2) is 9.55 Å². The first kappa shape index (κ1) is 10.3. The fraction of sp³-hybridized carbons (Fsp3) is 0.500. The molecule has 0 aliphatic heterocycles. The van der Waals surface area contributed by atoms with Crippen LogP contribution >= 0.6 is 0 Å². The van der Waals surface area contributed by atoms with Gasteiger partial charge in [-0.15, -0.1) is 0 Å². The molecule has 1 aromatic rings. The summed E-state index contributed by atoms with van der Waals surface area (Å²) in [5.74, 6) is 0.402. The van der Waals surface area contributed by atoms with E-state index in [0.717, 1.165) is 0 Å². The largest absolute Gasteiger partial charge is 0.323 e. The summed E-state index contributed by atoms with van der Waals surface area (Å²) < 4.78 is 1.76. The van der Waals surface area contributed by atoms with Gasteiger partial charge in [-0.3, -0.25) is 0 Å². The van der Waals surface area contributed by atoms with E-state index in [4.69, 9.17) is 10.5 Å². The number of hydrogen-bond donors (Lipinski definition) is 0. The monoisotopic (exact) mass is 188 g/mol. The Morgan fingerprint density at radius 2 is 2.21 bits per heavy atom. The molecule has 4 nitrogen and oxygen atoms in total. The van der Waals surface area contributed by atoms with E-state index < -0.39 is 0 Å². The molecule has 0 spiro atoms. The average Bonchev–Trinajstić information content (AvgIpc) is 2.62. The first-order valence-electron chi connectivity index (χ1n) is 4.41. The van der Waals surface area contributed by atoms with Crippen molar-refractivity contribution in [2.45, 2.75) is 26.8 Å². The van der Waals surface area contributed by atoms with Gasteiger partial charge in [0.25, 0.3) is 0 Å². The van der Waals surface area contributed by atoms with Gasteiger partial charge in [0.2, 0.25) is 5.82 Å². The Kier molecular flexibility index (Phi) is 2.89. The lowest BCUT2D eigenvalue weighted by Gasteiger charge is -2.14. The first-order chi connectivity index (χ1) is 6.59. The van der Waals surface area contributed by atoms with Crippen LogP contribution < -0.4 is 0 Å². The fourth-order valence-electron chi connectivity index (χ4n) is 1.06. The third-order valence-electron chi connectivity index (χ3n) is 2.10. The van der Waals surface area contributed by atoms with Crippen molar-refractivity contribution in [1.82, 2.24) is 9.55 Å². The van der Waals surface area contributed by atoms with Gasteiger partial charge in [-0.1, -0.05) is 0 Å². The predicted octanol–water partition coefficient (Wildman–Crippen LogP) is 1.69. The minimum absolute atomic E-state index is 0.350. The van der Waals surface area contributed by atoms with E-state index in [1.807, 2.05) is 19.9 Å². The molecule has 0 saturated heterocycles. The van der Waals surface area contributed by atoms with Gasteiger partial charge in [-0.25, -0.2) is 4.98 Å². The number of aryl methyl sites for hydroxylation is 1. The minimum Gasteiger partial charge on any atom is -0.323 e. The van der Waals surface area contributed by atoms with Gasteiger partial charge in [0.05, 0.1) is 11.5 Å². The molecule has 0 fully saturated rings. The molecule has 0 amide bonds. The van der Waals surface area contributed by atoms with Crippen LogP contribution in [0.15, 0.2) is 12.4 Å². The Morgan fingerprint density at radius 3 is 2.79 bits per heavy atom. The fourth-order valence-corrected chi connectivity index (χ4v) is 1.06. The summed E-state index contributed by atoms with van der Waals surface area (Å²) in [5.41, 5.74) is -0.350. The highest BCUT2D eigenvalue weighted by Crippen LogP contribution is 2.19. The maximum absolute atomic E-state index is 8.81. The number of aromatic nitrogens is 2. The van der Waals surface area contributed by atoms with Crippen LogP contribution in [0.4, 0.5) is 0 Å². The molecule has 14 heavy (non-hydrogen) atoms. The standard InChI is InChI=1S/C10H12N4/c1-10(2,8-12)3-5-14-6-4-13-9(14)7-11/h4,6H,3,5H2,1-2H3. The SMILES string of the molecule is CC(C)(C#N)CCn1ccnc1C#N. The maximum atomic E-state index is 8.81. The second-order valence-electron chi connectivity index (χ2n) is 3.80. The molecule has 0 aromatic carbocycles. The van der Waals surface area contributed by atoms with E-state index in [9.17, 15) is 0 Å². The Morgan fingerprint density at radius 1 is 1.50 bits per heavy atom. The number of nitriles is 2. The van der Waals surface area contributed by atoms with Crippen molar-refractivity contribution in [3.8, 4) is 12.1 Å². The van der Waals surface area contributed by atoms with Gasteiger partial charge in [-0.05, 0) is 20.3 Å². The van der Waals surface area contributed by atoms with E-state index in [1.54, 1.807) is 17.0 Å². The highest BCUT2D eigenvalue weighted by Gasteiger charge is 2.16. The van der Waals surface area contributed by atoms with Crippen molar-refractivity contribution in [3.63, 3.8) is 0 Å². The molecule has 0 saturated carbocycles. The molecule has 0 N–H and O–H groups in total. The third kappa shape index (κ3) is 2.34. The van der Waals surface area contributed by atoms with Crippen LogP contribution in [-0.2, 0) is 6.54 Å². The van der Waals surface area contributed by atoms with Crippen LogP contribution in [0.25, 0.3) is 0 Å². The topological polar surface area (TPSA) is 65.4 Å². The molecule has 4 heteroatoms. The van der Waals surface area contributed by atoms with Crippen molar-refractivity contribution in [2.75, 3.05) is 0 Å². The van der Waals surface area contributed by atoms with Crippen LogP contribution in [0.2, 0.25) is 0 Å². The predicted molar refractivity (Wildman–Crippen MR) is 51.0 cm³/mol. The molecule has 1 rings (SSSR count). The second kappa shape index (κ2) is 3.93. The molecule has 0 aliphatic rings. The Labute approximate surface area is 83.4 Å². The van der Waals surface area contributed by atoms with Crippen LogP contribution in [0, 0.1) is 28.1 Å². The van der Waals surface area contributed by atoms with Crippen LogP contribution in [0.1, 0.15) is 26.1 Å².